The number of rotatable bonds is 49. The summed E-state index contributed by atoms with van der Waals surface area (Å²) in [6.07, 6.45) is 80.1. The first-order valence-corrected chi connectivity index (χ1v) is 28.2. The normalized spacial score (nSPS) is 13.1. The Bertz CT molecular complexity index is 1530. The van der Waals surface area contributed by atoms with Crippen LogP contribution in [0.2, 0.25) is 0 Å². The molecule has 0 amide bonds. The third-order valence-corrected chi connectivity index (χ3v) is 11.4. The molecular formula is C64H102O6. The second-order valence-electron chi connectivity index (χ2n) is 18.1. The summed E-state index contributed by atoms with van der Waals surface area (Å²) in [5.74, 6) is -0.969. The van der Waals surface area contributed by atoms with Crippen molar-refractivity contribution in [3.05, 3.63) is 134 Å². The van der Waals surface area contributed by atoms with Gasteiger partial charge in [0, 0.05) is 19.3 Å². The first kappa shape index (κ1) is 65.5. The van der Waals surface area contributed by atoms with E-state index in [2.05, 4.69) is 154 Å². The molecule has 70 heavy (non-hydrogen) atoms. The molecule has 0 spiro atoms. The number of ether oxygens (including phenoxy) is 3. The molecule has 0 aliphatic heterocycles. The number of carbonyl (C=O) groups excluding carboxylic acids is 3. The predicted molar refractivity (Wildman–Crippen MR) is 302 cm³/mol. The van der Waals surface area contributed by atoms with E-state index < -0.39 is 6.10 Å². The third-order valence-electron chi connectivity index (χ3n) is 11.4. The van der Waals surface area contributed by atoms with E-state index >= 15 is 0 Å². The summed E-state index contributed by atoms with van der Waals surface area (Å²) in [5, 5.41) is 0. The maximum atomic E-state index is 12.8. The zero-order valence-electron chi connectivity index (χ0n) is 45.0. The fraction of sp³-hybridized carbons (Fsp3) is 0.609. The molecule has 0 fully saturated rings. The predicted octanol–water partition coefficient (Wildman–Crippen LogP) is 19.0. The average molecular weight is 968 g/mol. The fourth-order valence-corrected chi connectivity index (χ4v) is 7.19. The van der Waals surface area contributed by atoms with Crippen LogP contribution in [0.15, 0.2) is 134 Å². The molecule has 0 aliphatic carbocycles. The summed E-state index contributed by atoms with van der Waals surface area (Å²) in [5.41, 5.74) is 0. The van der Waals surface area contributed by atoms with Gasteiger partial charge in [-0.2, -0.15) is 0 Å². The number of allylic oxidation sites excluding steroid dienone is 22. The van der Waals surface area contributed by atoms with Crippen molar-refractivity contribution >= 4 is 17.9 Å². The van der Waals surface area contributed by atoms with E-state index in [9.17, 15) is 14.4 Å². The van der Waals surface area contributed by atoms with Crippen molar-refractivity contribution in [2.24, 2.45) is 0 Å². The second-order valence-corrected chi connectivity index (χ2v) is 18.1. The second kappa shape index (κ2) is 57.1. The van der Waals surface area contributed by atoms with Crippen molar-refractivity contribution in [3.8, 4) is 0 Å². The van der Waals surface area contributed by atoms with Crippen molar-refractivity contribution < 1.29 is 28.6 Å². The minimum Gasteiger partial charge on any atom is -0.462 e. The maximum absolute atomic E-state index is 12.8. The van der Waals surface area contributed by atoms with Crippen molar-refractivity contribution in [2.75, 3.05) is 13.2 Å². The zero-order chi connectivity index (χ0) is 50.7. The van der Waals surface area contributed by atoms with Crippen LogP contribution in [-0.4, -0.2) is 37.2 Å². The first-order chi connectivity index (χ1) is 34.5. The van der Waals surface area contributed by atoms with E-state index in [4.69, 9.17) is 14.2 Å². The standard InChI is InChI=1S/C64H102O6/c1-4-7-10-13-16-19-22-25-27-29-30-31-32-33-34-36-37-39-42-45-48-51-54-57-63(66)69-60-61(59-68-62(65)56-53-50-47-44-41-24-21-18-15-12-9-6-3)70-64(67)58-55-52-49-46-43-40-38-35-28-26-23-20-17-14-11-8-5-2/h7-8,10-11,16-21,25-28,30-31,33-34,37-40,61H,4-6,9,12-15,22-24,29,32,35-36,41-60H2,1-3H3/b10-7-,11-8-,19-16-,20-17-,21-18-,27-25-,28-26-,31-30-,34-33-,39-37-,40-38-. The molecule has 1 unspecified atom stereocenters. The highest BCUT2D eigenvalue weighted by molar-refractivity contribution is 5.71. The van der Waals surface area contributed by atoms with Gasteiger partial charge in [-0.25, -0.2) is 0 Å². The quantitative estimate of drug-likeness (QED) is 0.0262. The van der Waals surface area contributed by atoms with E-state index in [1.807, 2.05) is 0 Å². The molecule has 0 N–H and O–H groups in total. The Morgan fingerprint density at radius 3 is 0.886 bits per heavy atom. The Balaban J connectivity index is 4.47. The van der Waals surface area contributed by atoms with Crippen LogP contribution >= 0.6 is 0 Å². The van der Waals surface area contributed by atoms with Crippen LogP contribution in [0.1, 0.15) is 233 Å². The molecule has 0 saturated carbocycles. The van der Waals surface area contributed by atoms with Crippen LogP contribution in [0.3, 0.4) is 0 Å². The Morgan fingerprint density at radius 2 is 0.557 bits per heavy atom. The number of unbranched alkanes of at least 4 members (excludes halogenated alkanes) is 16. The van der Waals surface area contributed by atoms with E-state index in [1.54, 1.807) is 0 Å². The SMILES string of the molecule is CC/C=C\C/C=C\C/C=C\C/C=C\C/C=C\C/C=C\CCCCCCC(=O)OCC(COC(=O)CCCCCCC/C=C\CCCCC)OC(=O)CCCCCC/C=C\C/C=C\C/C=C\C/C=C\CC. The summed E-state index contributed by atoms with van der Waals surface area (Å²) in [6, 6.07) is 0. The number of carbonyl (C=O) groups is 3. The van der Waals surface area contributed by atoms with Crippen LogP contribution < -0.4 is 0 Å². The lowest BCUT2D eigenvalue weighted by atomic mass is 10.1. The molecule has 0 bridgehead atoms. The highest BCUT2D eigenvalue weighted by atomic mass is 16.6. The van der Waals surface area contributed by atoms with Gasteiger partial charge in [0.2, 0.25) is 0 Å². The van der Waals surface area contributed by atoms with E-state index in [0.29, 0.717) is 12.8 Å². The zero-order valence-corrected chi connectivity index (χ0v) is 45.0. The molecule has 0 rings (SSSR count). The van der Waals surface area contributed by atoms with E-state index in [0.717, 1.165) is 161 Å². The minimum atomic E-state index is -0.810. The Labute approximate surface area is 430 Å². The van der Waals surface area contributed by atoms with Gasteiger partial charge in [-0.05, 0) is 135 Å². The lowest BCUT2D eigenvalue weighted by Gasteiger charge is -2.18. The highest BCUT2D eigenvalue weighted by Gasteiger charge is 2.19. The molecule has 0 aromatic heterocycles. The molecule has 394 valence electrons. The molecule has 0 heterocycles. The fourth-order valence-electron chi connectivity index (χ4n) is 7.19. The molecule has 6 heteroatoms. The van der Waals surface area contributed by atoms with Gasteiger partial charge in [0.15, 0.2) is 6.10 Å². The van der Waals surface area contributed by atoms with Crippen LogP contribution in [0.4, 0.5) is 0 Å². The van der Waals surface area contributed by atoms with Crippen LogP contribution in [0.5, 0.6) is 0 Å². The third kappa shape index (κ3) is 54.5. The summed E-state index contributed by atoms with van der Waals surface area (Å²) in [6.45, 7) is 6.32. The van der Waals surface area contributed by atoms with Crippen LogP contribution in [0.25, 0.3) is 0 Å². The summed E-state index contributed by atoms with van der Waals surface area (Å²) < 4.78 is 16.8. The average Bonchev–Trinajstić information content (AvgIpc) is 3.36. The molecule has 0 aromatic rings. The largest absolute Gasteiger partial charge is 0.462 e. The van der Waals surface area contributed by atoms with E-state index in [1.165, 1.54) is 32.1 Å². The minimum absolute atomic E-state index is 0.105. The lowest BCUT2D eigenvalue weighted by Crippen LogP contribution is -2.30. The van der Waals surface area contributed by atoms with Gasteiger partial charge in [0.05, 0.1) is 0 Å². The Hall–Kier alpha value is -4.45. The lowest BCUT2D eigenvalue weighted by molar-refractivity contribution is -0.167. The molecular weight excluding hydrogens is 865 g/mol. The van der Waals surface area contributed by atoms with Crippen molar-refractivity contribution in [1.29, 1.82) is 0 Å². The van der Waals surface area contributed by atoms with Gasteiger partial charge < -0.3 is 14.2 Å². The van der Waals surface area contributed by atoms with E-state index in [-0.39, 0.29) is 37.5 Å². The van der Waals surface area contributed by atoms with Crippen LogP contribution in [-0.2, 0) is 28.6 Å². The van der Waals surface area contributed by atoms with Crippen LogP contribution in [0, 0.1) is 0 Å². The molecule has 0 radical (unpaired) electrons. The van der Waals surface area contributed by atoms with Gasteiger partial charge >= 0.3 is 17.9 Å². The summed E-state index contributed by atoms with van der Waals surface area (Å²) in [7, 11) is 0. The number of esters is 3. The van der Waals surface area contributed by atoms with Crippen molar-refractivity contribution in [2.45, 2.75) is 239 Å². The summed E-state index contributed by atoms with van der Waals surface area (Å²) in [4.78, 5) is 38.1. The number of hydrogen-bond donors (Lipinski definition) is 0. The molecule has 0 aromatic carbocycles. The molecule has 0 saturated heterocycles. The maximum Gasteiger partial charge on any atom is 0.306 e. The van der Waals surface area contributed by atoms with Gasteiger partial charge in [-0.3, -0.25) is 14.4 Å². The summed E-state index contributed by atoms with van der Waals surface area (Å²) >= 11 is 0. The molecule has 1 atom stereocenters. The van der Waals surface area contributed by atoms with Gasteiger partial charge in [-0.1, -0.05) is 212 Å². The molecule has 6 nitrogen and oxygen atoms in total. The smallest absolute Gasteiger partial charge is 0.306 e. The number of hydrogen-bond acceptors (Lipinski definition) is 6. The van der Waals surface area contributed by atoms with Gasteiger partial charge in [0.1, 0.15) is 13.2 Å². The first-order valence-electron chi connectivity index (χ1n) is 28.2. The molecule has 0 aliphatic rings. The monoisotopic (exact) mass is 967 g/mol. The topological polar surface area (TPSA) is 78.9 Å². The Kier molecular flexibility index (Phi) is 53.5. The van der Waals surface area contributed by atoms with Crippen molar-refractivity contribution in [1.82, 2.24) is 0 Å². The van der Waals surface area contributed by atoms with Crippen molar-refractivity contribution in [3.63, 3.8) is 0 Å². The van der Waals surface area contributed by atoms with Gasteiger partial charge in [0.25, 0.3) is 0 Å². The Morgan fingerprint density at radius 1 is 0.300 bits per heavy atom. The van der Waals surface area contributed by atoms with Gasteiger partial charge in [-0.15, -0.1) is 0 Å². The highest BCUT2D eigenvalue weighted by Crippen LogP contribution is 2.13.